The second-order valence-electron chi connectivity index (χ2n) is 5.89. The highest BCUT2D eigenvalue weighted by Gasteiger charge is 2.21. The van der Waals surface area contributed by atoms with Gasteiger partial charge in [0.25, 0.3) is 5.91 Å². The molecule has 1 aromatic carbocycles. The van der Waals surface area contributed by atoms with Crippen LogP contribution in [0.1, 0.15) is 10.5 Å². The number of rotatable bonds is 3. The molecule has 1 aliphatic heterocycles. The molecule has 2 heterocycles. The fraction of sp³-hybridized carbons (Fsp3) is 0.333. The largest absolute Gasteiger partial charge is 0.345 e. The lowest BCUT2D eigenvalue weighted by molar-refractivity contribution is 0.0658. The van der Waals surface area contributed by atoms with Gasteiger partial charge in [-0.25, -0.2) is 0 Å². The summed E-state index contributed by atoms with van der Waals surface area (Å²) in [4.78, 5) is 23.1. The molecule has 0 spiro atoms. The van der Waals surface area contributed by atoms with E-state index in [4.69, 9.17) is 0 Å². The number of pyridine rings is 1. The SMILES string of the molecule is CN1CCN(C(=O)c2cc(N(C)c3ccccc3)ccn2)CC1. The molecule has 120 valence electrons. The van der Waals surface area contributed by atoms with Crippen molar-refractivity contribution in [2.45, 2.75) is 0 Å². The zero-order chi connectivity index (χ0) is 16.2. The minimum Gasteiger partial charge on any atom is -0.345 e. The van der Waals surface area contributed by atoms with Crippen molar-refractivity contribution in [1.29, 1.82) is 0 Å². The highest BCUT2D eigenvalue weighted by atomic mass is 16.2. The molecule has 0 bridgehead atoms. The van der Waals surface area contributed by atoms with Gasteiger partial charge in [0.05, 0.1) is 0 Å². The Kier molecular flexibility index (Phi) is 4.57. The second kappa shape index (κ2) is 6.79. The van der Waals surface area contributed by atoms with Crippen molar-refractivity contribution in [1.82, 2.24) is 14.8 Å². The Hall–Kier alpha value is -2.40. The maximum absolute atomic E-state index is 12.6. The summed E-state index contributed by atoms with van der Waals surface area (Å²) >= 11 is 0. The first-order valence-electron chi connectivity index (χ1n) is 7.88. The van der Waals surface area contributed by atoms with Crippen molar-refractivity contribution < 1.29 is 4.79 Å². The van der Waals surface area contributed by atoms with Gasteiger partial charge in [0, 0.05) is 50.8 Å². The summed E-state index contributed by atoms with van der Waals surface area (Å²) in [5.74, 6) is 0.0152. The highest BCUT2D eigenvalue weighted by molar-refractivity contribution is 5.93. The van der Waals surface area contributed by atoms with E-state index in [-0.39, 0.29) is 5.91 Å². The minimum atomic E-state index is 0.0152. The third-order valence-electron chi connectivity index (χ3n) is 4.28. The molecule has 0 unspecified atom stereocenters. The number of carbonyl (C=O) groups excluding carboxylic acids is 1. The quantitative estimate of drug-likeness (QED) is 0.871. The van der Waals surface area contributed by atoms with Gasteiger partial charge in [0.15, 0.2) is 0 Å². The van der Waals surface area contributed by atoms with Crippen LogP contribution < -0.4 is 4.90 Å². The standard InChI is InChI=1S/C18H22N4O/c1-20-10-12-22(13-11-20)18(23)17-14-16(8-9-19-17)21(2)15-6-4-3-5-7-15/h3-9,14H,10-13H2,1-2H3. The van der Waals surface area contributed by atoms with Gasteiger partial charge in [-0.1, -0.05) is 18.2 Å². The fourth-order valence-corrected chi connectivity index (χ4v) is 2.72. The van der Waals surface area contributed by atoms with Gasteiger partial charge < -0.3 is 14.7 Å². The number of benzene rings is 1. The van der Waals surface area contributed by atoms with Crippen molar-refractivity contribution >= 4 is 17.3 Å². The van der Waals surface area contributed by atoms with Crippen molar-refractivity contribution in [3.05, 3.63) is 54.4 Å². The summed E-state index contributed by atoms with van der Waals surface area (Å²) in [6.45, 7) is 3.34. The van der Waals surface area contributed by atoms with Gasteiger partial charge >= 0.3 is 0 Å². The van der Waals surface area contributed by atoms with Crippen LogP contribution in [0.5, 0.6) is 0 Å². The molecule has 0 N–H and O–H groups in total. The monoisotopic (exact) mass is 310 g/mol. The lowest BCUT2D eigenvalue weighted by Gasteiger charge is -2.32. The molecule has 1 saturated heterocycles. The van der Waals surface area contributed by atoms with E-state index in [0.29, 0.717) is 5.69 Å². The van der Waals surface area contributed by atoms with Crippen molar-refractivity contribution in [3.8, 4) is 0 Å². The molecular formula is C18H22N4O. The Morgan fingerprint density at radius 1 is 1.04 bits per heavy atom. The molecule has 0 aliphatic carbocycles. The number of carbonyl (C=O) groups is 1. The van der Waals surface area contributed by atoms with Crippen LogP contribution in [0, 0.1) is 0 Å². The first-order chi connectivity index (χ1) is 11.1. The first kappa shape index (κ1) is 15.5. The maximum Gasteiger partial charge on any atom is 0.272 e. The van der Waals surface area contributed by atoms with Gasteiger partial charge in [-0.2, -0.15) is 0 Å². The van der Waals surface area contributed by atoms with E-state index in [1.807, 2.05) is 54.4 Å². The van der Waals surface area contributed by atoms with Crippen LogP contribution in [0.3, 0.4) is 0 Å². The van der Waals surface area contributed by atoms with Crippen LogP contribution in [0.25, 0.3) is 0 Å². The number of amides is 1. The Morgan fingerprint density at radius 3 is 2.43 bits per heavy atom. The van der Waals surface area contributed by atoms with E-state index in [2.05, 4.69) is 21.8 Å². The topological polar surface area (TPSA) is 39.7 Å². The third-order valence-corrected chi connectivity index (χ3v) is 4.28. The van der Waals surface area contributed by atoms with Crippen molar-refractivity contribution in [2.24, 2.45) is 0 Å². The summed E-state index contributed by atoms with van der Waals surface area (Å²) in [6, 6.07) is 13.9. The Bertz CT molecular complexity index is 666. The van der Waals surface area contributed by atoms with Gasteiger partial charge in [-0.3, -0.25) is 9.78 Å². The molecule has 5 nitrogen and oxygen atoms in total. The van der Waals surface area contributed by atoms with E-state index in [9.17, 15) is 4.79 Å². The van der Waals surface area contributed by atoms with Crippen LogP contribution in [0.4, 0.5) is 11.4 Å². The average molecular weight is 310 g/mol. The molecule has 1 fully saturated rings. The van der Waals surface area contributed by atoms with E-state index in [1.165, 1.54) is 0 Å². The third kappa shape index (κ3) is 3.51. The molecular weight excluding hydrogens is 288 g/mol. The highest BCUT2D eigenvalue weighted by Crippen LogP contribution is 2.23. The number of hydrogen-bond donors (Lipinski definition) is 0. The fourth-order valence-electron chi connectivity index (χ4n) is 2.72. The van der Waals surface area contributed by atoms with Crippen molar-refractivity contribution in [2.75, 3.05) is 45.2 Å². The summed E-state index contributed by atoms with van der Waals surface area (Å²) in [7, 11) is 4.07. The van der Waals surface area contributed by atoms with Gasteiger partial charge in [-0.05, 0) is 31.3 Å². The normalized spacial score (nSPS) is 15.5. The Labute approximate surface area is 137 Å². The zero-order valence-corrected chi connectivity index (χ0v) is 13.6. The first-order valence-corrected chi connectivity index (χ1v) is 7.88. The lowest BCUT2D eigenvalue weighted by atomic mass is 10.2. The average Bonchev–Trinajstić information content (AvgIpc) is 2.62. The van der Waals surface area contributed by atoms with E-state index < -0.39 is 0 Å². The van der Waals surface area contributed by atoms with Crippen molar-refractivity contribution in [3.63, 3.8) is 0 Å². The summed E-state index contributed by atoms with van der Waals surface area (Å²) < 4.78 is 0. The summed E-state index contributed by atoms with van der Waals surface area (Å²) in [6.07, 6.45) is 1.71. The molecule has 1 amide bonds. The minimum absolute atomic E-state index is 0.0152. The van der Waals surface area contributed by atoms with Crippen LogP contribution in [-0.4, -0.2) is 61.0 Å². The number of para-hydroxylation sites is 1. The number of hydrogen-bond acceptors (Lipinski definition) is 4. The zero-order valence-electron chi connectivity index (χ0n) is 13.6. The molecule has 1 aromatic heterocycles. The van der Waals surface area contributed by atoms with Crippen LogP contribution >= 0.6 is 0 Å². The number of aromatic nitrogens is 1. The van der Waals surface area contributed by atoms with Gasteiger partial charge in [-0.15, -0.1) is 0 Å². The number of likely N-dealkylation sites (N-methyl/N-ethyl adjacent to an activating group) is 1. The van der Waals surface area contributed by atoms with E-state index >= 15 is 0 Å². The van der Waals surface area contributed by atoms with Crippen LogP contribution in [0.2, 0.25) is 0 Å². The van der Waals surface area contributed by atoms with Crippen LogP contribution in [0.15, 0.2) is 48.7 Å². The Balaban J connectivity index is 1.78. The summed E-state index contributed by atoms with van der Waals surface area (Å²) in [5.41, 5.74) is 2.55. The molecule has 1 aliphatic rings. The second-order valence-corrected chi connectivity index (χ2v) is 5.89. The van der Waals surface area contributed by atoms with E-state index in [0.717, 1.165) is 37.6 Å². The smallest absolute Gasteiger partial charge is 0.272 e. The molecule has 0 atom stereocenters. The van der Waals surface area contributed by atoms with Crippen LogP contribution in [-0.2, 0) is 0 Å². The number of nitrogens with zero attached hydrogens (tertiary/aromatic N) is 4. The van der Waals surface area contributed by atoms with Gasteiger partial charge in [0.1, 0.15) is 5.69 Å². The maximum atomic E-state index is 12.6. The van der Waals surface area contributed by atoms with E-state index in [1.54, 1.807) is 6.20 Å². The molecule has 5 heteroatoms. The molecule has 0 radical (unpaired) electrons. The van der Waals surface area contributed by atoms with Gasteiger partial charge in [0.2, 0.25) is 0 Å². The number of anilines is 2. The lowest BCUT2D eigenvalue weighted by Crippen LogP contribution is -2.47. The number of piperazine rings is 1. The predicted molar refractivity (Wildman–Crippen MR) is 92.1 cm³/mol. The Morgan fingerprint density at radius 2 is 1.74 bits per heavy atom. The molecule has 0 saturated carbocycles. The molecule has 2 aromatic rings. The molecule has 23 heavy (non-hydrogen) atoms. The summed E-state index contributed by atoms with van der Waals surface area (Å²) in [5, 5.41) is 0. The predicted octanol–water partition coefficient (Wildman–Crippen LogP) is 2.24. The molecule has 3 rings (SSSR count).